The minimum absolute atomic E-state index is 0.675. The van der Waals surface area contributed by atoms with Crippen molar-refractivity contribution >= 4 is 17.7 Å². The van der Waals surface area contributed by atoms with Crippen molar-refractivity contribution in [3.05, 3.63) is 30.2 Å². The number of hydrogen-bond donors (Lipinski definition) is 0. The van der Waals surface area contributed by atoms with E-state index in [9.17, 15) is 0 Å². The standard InChI is InChI=1S/C8H9ClO/c9-5-2-1-3-8-4-6-10-7-8/h1,3-4,6-7H,2,5H2. The molecule has 0 radical (unpaired) electrons. The monoisotopic (exact) mass is 156 g/mol. The lowest BCUT2D eigenvalue weighted by Gasteiger charge is -1.81. The van der Waals surface area contributed by atoms with Crippen LogP contribution in [0, 0.1) is 0 Å². The highest BCUT2D eigenvalue weighted by atomic mass is 35.5. The van der Waals surface area contributed by atoms with Gasteiger partial charge in [-0.2, -0.15) is 0 Å². The molecular weight excluding hydrogens is 148 g/mol. The van der Waals surface area contributed by atoms with Gasteiger partial charge in [-0.1, -0.05) is 12.2 Å². The van der Waals surface area contributed by atoms with Gasteiger partial charge in [0.25, 0.3) is 0 Å². The topological polar surface area (TPSA) is 13.1 Å². The maximum absolute atomic E-state index is 5.47. The largest absolute Gasteiger partial charge is 0.472 e. The van der Waals surface area contributed by atoms with Gasteiger partial charge in [-0.25, -0.2) is 0 Å². The summed E-state index contributed by atoms with van der Waals surface area (Å²) in [5, 5.41) is 0. The van der Waals surface area contributed by atoms with Gasteiger partial charge in [-0.05, 0) is 12.5 Å². The first-order chi connectivity index (χ1) is 4.93. The lowest BCUT2D eigenvalue weighted by molar-refractivity contribution is 0.567. The van der Waals surface area contributed by atoms with Crippen LogP contribution in [0.15, 0.2) is 29.1 Å². The van der Waals surface area contributed by atoms with E-state index in [0.717, 1.165) is 12.0 Å². The third-order valence-electron chi connectivity index (χ3n) is 1.13. The average Bonchev–Trinajstić information content (AvgIpc) is 2.41. The van der Waals surface area contributed by atoms with Crippen molar-refractivity contribution in [3.8, 4) is 0 Å². The van der Waals surface area contributed by atoms with Crippen LogP contribution in [0.1, 0.15) is 12.0 Å². The van der Waals surface area contributed by atoms with Crippen LogP contribution in [0.4, 0.5) is 0 Å². The van der Waals surface area contributed by atoms with Gasteiger partial charge < -0.3 is 4.42 Å². The molecule has 0 aliphatic heterocycles. The Hall–Kier alpha value is -0.690. The second-order valence-electron chi connectivity index (χ2n) is 1.94. The predicted molar refractivity (Wildman–Crippen MR) is 43.1 cm³/mol. The fourth-order valence-electron chi connectivity index (χ4n) is 0.652. The Kier molecular flexibility index (Phi) is 3.10. The van der Waals surface area contributed by atoms with Gasteiger partial charge in [-0.15, -0.1) is 11.6 Å². The quantitative estimate of drug-likeness (QED) is 0.614. The Morgan fingerprint density at radius 2 is 2.50 bits per heavy atom. The Morgan fingerprint density at radius 3 is 3.10 bits per heavy atom. The number of hydrogen-bond acceptors (Lipinski definition) is 1. The Labute approximate surface area is 65.3 Å². The van der Waals surface area contributed by atoms with Crippen LogP contribution in [-0.4, -0.2) is 5.88 Å². The molecule has 0 amide bonds. The SMILES string of the molecule is ClCCC=Cc1ccoc1. The molecule has 0 saturated heterocycles. The molecule has 54 valence electrons. The molecule has 0 atom stereocenters. The molecule has 0 spiro atoms. The van der Waals surface area contributed by atoms with Crippen molar-refractivity contribution in [2.24, 2.45) is 0 Å². The van der Waals surface area contributed by atoms with Crippen LogP contribution in [0.25, 0.3) is 6.08 Å². The molecule has 0 aliphatic carbocycles. The van der Waals surface area contributed by atoms with Crippen molar-refractivity contribution in [2.75, 3.05) is 5.88 Å². The molecule has 1 nitrogen and oxygen atoms in total. The second-order valence-corrected chi connectivity index (χ2v) is 2.31. The fraction of sp³-hybridized carbons (Fsp3) is 0.250. The minimum atomic E-state index is 0.675. The first-order valence-corrected chi connectivity index (χ1v) is 3.71. The number of furan rings is 1. The van der Waals surface area contributed by atoms with Gasteiger partial charge in [-0.3, -0.25) is 0 Å². The van der Waals surface area contributed by atoms with E-state index in [-0.39, 0.29) is 0 Å². The van der Waals surface area contributed by atoms with Gasteiger partial charge in [0, 0.05) is 11.4 Å². The van der Waals surface area contributed by atoms with Gasteiger partial charge in [0.2, 0.25) is 0 Å². The van der Waals surface area contributed by atoms with Crippen LogP contribution in [-0.2, 0) is 0 Å². The molecule has 0 aromatic carbocycles. The molecule has 0 N–H and O–H groups in total. The predicted octanol–water partition coefficient (Wildman–Crippen LogP) is 2.92. The van der Waals surface area contributed by atoms with Crippen LogP contribution in [0.3, 0.4) is 0 Å². The lowest BCUT2D eigenvalue weighted by atomic mass is 10.3. The molecule has 1 rings (SSSR count). The highest BCUT2D eigenvalue weighted by molar-refractivity contribution is 6.17. The summed E-state index contributed by atoms with van der Waals surface area (Å²) in [6.45, 7) is 0. The average molecular weight is 157 g/mol. The molecule has 0 fully saturated rings. The van der Waals surface area contributed by atoms with E-state index < -0.39 is 0 Å². The minimum Gasteiger partial charge on any atom is -0.472 e. The van der Waals surface area contributed by atoms with E-state index in [1.807, 2.05) is 18.2 Å². The van der Waals surface area contributed by atoms with Crippen molar-refractivity contribution in [2.45, 2.75) is 6.42 Å². The van der Waals surface area contributed by atoms with Gasteiger partial charge >= 0.3 is 0 Å². The molecule has 1 heterocycles. The maximum Gasteiger partial charge on any atom is 0.0974 e. The summed E-state index contributed by atoms with van der Waals surface area (Å²) in [5.41, 5.74) is 1.09. The number of allylic oxidation sites excluding steroid dienone is 1. The normalized spacial score (nSPS) is 10.9. The van der Waals surface area contributed by atoms with E-state index >= 15 is 0 Å². The Morgan fingerprint density at radius 1 is 1.60 bits per heavy atom. The summed E-state index contributed by atoms with van der Waals surface area (Å²) in [5.74, 6) is 0.675. The third kappa shape index (κ3) is 2.28. The van der Waals surface area contributed by atoms with Gasteiger partial charge in [0.05, 0.1) is 12.5 Å². The summed E-state index contributed by atoms with van der Waals surface area (Å²) < 4.78 is 4.86. The zero-order valence-electron chi connectivity index (χ0n) is 5.59. The van der Waals surface area contributed by atoms with Crippen molar-refractivity contribution in [1.82, 2.24) is 0 Å². The number of rotatable bonds is 3. The van der Waals surface area contributed by atoms with E-state index in [1.165, 1.54) is 0 Å². The summed E-state index contributed by atoms with van der Waals surface area (Å²) in [7, 11) is 0. The van der Waals surface area contributed by atoms with E-state index in [4.69, 9.17) is 16.0 Å². The van der Waals surface area contributed by atoms with Crippen molar-refractivity contribution in [1.29, 1.82) is 0 Å². The lowest BCUT2D eigenvalue weighted by Crippen LogP contribution is -1.65. The van der Waals surface area contributed by atoms with E-state index in [2.05, 4.69) is 0 Å². The summed E-state index contributed by atoms with van der Waals surface area (Å²) in [6, 6.07) is 1.91. The molecule has 0 saturated carbocycles. The maximum atomic E-state index is 5.47. The molecule has 1 aromatic rings. The molecule has 0 aliphatic rings. The molecule has 10 heavy (non-hydrogen) atoms. The van der Waals surface area contributed by atoms with Crippen molar-refractivity contribution in [3.63, 3.8) is 0 Å². The Balaban J connectivity index is 2.40. The van der Waals surface area contributed by atoms with Gasteiger partial charge in [0.1, 0.15) is 0 Å². The third-order valence-corrected chi connectivity index (χ3v) is 1.35. The summed E-state index contributed by atoms with van der Waals surface area (Å²) in [6.07, 6.45) is 8.28. The number of halogens is 1. The first-order valence-electron chi connectivity index (χ1n) is 3.18. The van der Waals surface area contributed by atoms with Gasteiger partial charge in [0.15, 0.2) is 0 Å². The molecule has 1 aromatic heterocycles. The molecule has 2 heteroatoms. The number of alkyl halides is 1. The summed E-state index contributed by atoms with van der Waals surface area (Å²) in [4.78, 5) is 0. The fourth-order valence-corrected chi connectivity index (χ4v) is 0.778. The van der Waals surface area contributed by atoms with Crippen LogP contribution in [0.2, 0.25) is 0 Å². The zero-order valence-corrected chi connectivity index (χ0v) is 6.34. The van der Waals surface area contributed by atoms with E-state index in [0.29, 0.717) is 5.88 Å². The van der Waals surface area contributed by atoms with Crippen LogP contribution in [0.5, 0.6) is 0 Å². The van der Waals surface area contributed by atoms with Crippen LogP contribution < -0.4 is 0 Å². The van der Waals surface area contributed by atoms with Crippen LogP contribution >= 0.6 is 11.6 Å². The first kappa shape index (κ1) is 7.42. The second kappa shape index (κ2) is 4.18. The molecule has 0 unspecified atom stereocenters. The van der Waals surface area contributed by atoms with E-state index in [1.54, 1.807) is 12.5 Å². The smallest absolute Gasteiger partial charge is 0.0974 e. The molecule has 0 bridgehead atoms. The highest BCUT2D eigenvalue weighted by Crippen LogP contribution is 2.02. The van der Waals surface area contributed by atoms with Crippen molar-refractivity contribution < 1.29 is 4.42 Å². The molecular formula is C8H9ClO. The zero-order chi connectivity index (χ0) is 7.23. The summed E-state index contributed by atoms with van der Waals surface area (Å²) >= 11 is 5.47. The Bertz CT molecular complexity index is 189. The highest BCUT2D eigenvalue weighted by Gasteiger charge is 1.84.